The summed E-state index contributed by atoms with van der Waals surface area (Å²) >= 11 is 0. The molecule has 4 radical (unpaired) electrons. The molecule has 0 fully saturated rings. The molecule has 0 amide bonds. The van der Waals surface area contributed by atoms with Crippen LogP contribution in [0.4, 0.5) is 0 Å². The summed E-state index contributed by atoms with van der Waals surface area (Å²) in [5.41, 5.74) is 0. The van der Waals surface area contributed by atoms with Gasteiger partial charge in [0.2, 0.25) is 0 Å². The van der Waals surface area contributed by atoms with Crippen molar-refractivity contribution in [1.82, 2.24) is 0 Å². The maximum Gasteiger partial charge on any atom is 0 e. The molecule has 0 atom stereocenters. The van der Waals surface area contributed by atoms with Crippen LogP contribution in [0.25, 0.3) is 0 Å². The van der Waals surface area contributed by atoms with Crippen LogP contribution in [-0.2, 0) is 19.5 Å². The molecule has 4 heteroatoms. The van der Waals surface area contributed by atoms with Gasteiger partial charge in [0.15, 0.2) is 0 Å². The van der Waals surface area contributed by atoms with Crippen molar-refractivity contribution in [2.24, 2.45) is 0 Å². The van der Waals surface area contributed by atoms with Gasteiger partial charge in [-0.25, -0.2) is 0 Å². The second-order valence-electron chi connectivity index (χ2n) is 0. The molecule has 0 heterocycles. The zero-order valence-electron chi connectivity index (χ0n) is 2.99. The second kappa shape index (κ2) is 21.5. The molecule has 0 aliphatic heterocycles. The van der Waals surface area contributed by atoms with Crippen LogP contribution in [0.3, 0.4) is 0 Å². The number of hydrogen-bond donors (Lipinski definition) is 0. The van der Waals surface area contributed by atoms with Crippen molar-refractivity contribution in [3.63, 3.8) is 0 Å². The predicted molar refractivity (Wildman–Crippen MR) is 25.6 cm³/mol. The van der Waals surface area contributed by atoms with Crippen molar-refractivity contribution in [2.45, 2.75) is 0 Å². The summed E-state index contributed by atoms with van der Waals surface area (Å²) in [7, 11) is 0. The van der Waals surface area contributed by atoms with Crippen LogP contribution in [0.1, 0.15) is 0 Å². The van der Waals surface area contributed by atoms with Crippen LogP contribution in [0.5, 0.6) is 0 Å². The van der Waals surface area contributed by atoms with E-state index in [1.54, 1.807) is 0 Å². The summed E-state index contributed by atoms with van der Waals surface area (Å²) in [6.45, 7) is 0. The normalized spacial score (nSPS) is 0. The Kier molecular flexibility index (Phi) is 223. The van der Waals surface area contributed by atoms with Gasteiger partial charge in [0.05, 0.1) is 0 Å². The molecule has 0 bridgehead atoms. The summed E-state index contributed by atoms with van der Waals surface area (Å²) in [5, 5.41) is 0. The van der Waals surface area contributed by atoms with Gasteiger partial charge in [0, 0.05) is 27.9 Å². The Morgan fingerprint density at radius 1 is 1.00 bits per heavy atom. The molecule has 0 aromatic rings. The van der Waals surface area contributed by atoms with Crippen molar-refractivity contribution in [3.8, 4) is 0 Å². The van der Waals surface area contributed by atoms with E-state index in [0.717, 1.165) is 0 Å². The van der Waals surface area contributed by atoms with E-state index in [4.69, 9.17) is 0 Å². The van der Waals surface area contributed by atoms with E-state index in [2.05, 4.69) is 0 Å². The Balaban J connectivity index is 0. The van der Waals surface area contributed by atoms with E-state index in [9.17, 15) is 0 Å². The van der Waals surface area contributed by atoms with E-state index in [1.807, 2.05) is 0 Å². The summed E-state index contributed by atoms with van der Waals surface area (Å²) in [5.74, 6) is 0. The third-order valence-corrected chi connectivity index (χ3v) is 0. The molecule has 0 spiro atoms. The average molecular weight is 319 g/mol. The fourth-order valence-electron chi connectivity index (χ4n) is 0. The molecule has 20 valence electrons. The third-order valence-electron chi connectivity index (χ3n) is 0. The molecule has 0 unspecified atom stereocenters. The first-order valence-electron chi connectivity index (χ1n) is 0. The Morgan fingerprint density at radius 2 is 1.00 bits per heavy atom. The molecule has 0 aromatic carbocycles. The van der Waals surface area contributed by atoms with Crippen LogP contribution in [0.2, 0.25) is 0 Å². The Morgan fingerprint density at radius 3 is 1.00 bits per heavy atom. The largest absolute Gasteiger partial charge is 0.0125 e. The molecule has 0 aromatic heterocycles. The van der Waals surface area contributed by atoms with Crippen LogP contribution >= 0.6 is 0 Å². The van der Waals surface area contributed by atoms with Crippen molar-refractivity contribution in [1.29, 1.82) is 0 Å². The topological polar surface area (TPSA) is 0 Å². The Labute approximate surface area is 64.6 Å². The van der Waals surface area contributed by atoms with Gasteiger partial charge in [-0.2, -0.15) is 0 Å². The molecule has 0 aliphatic rings. The van der Waals surface area contributed by atoms with Gasteiger partial charge >= 0.3 is 26.2 Å². The zero-order valence-corrected chi connectivity index (χ0v) is 13.5. The van der Waals surface area contributed by atoms with Crippen molar-refractivity contribution in [2.75, 3.05) is 0 Å². The van der Waals surface area contributed by atoms with Gasteiger partial charge in [0.25, 0.3) is 0 Å². The minimum atomic E-state index is 0. The molecule has 0 saturated carbocycles. The SMILES string of the molecule is [B].[BiH3].[SiH3].[Zn]. The number of rotatable bonds is 0. The fourth-order valence-corrected chi connectivity index (χ4v) is 0. The first kappa shape index (κ1) is 41.5. The minimum Gasteiger partial charge on any atom is -0.0125 e. The minimum absolute atomic E-state index is 0. The zero-order chi connectivity index (χ0) is 0. The van der Waals surface area contributed by atoms with E-state index < -0.39 is 0 Å². The van der Waals surface area contributed by atoms with E-state index >= 15 is 0 Å². The van der Waals surface area contributed by atoms with Gasteiger partial charge in [0.1, 0.15) is 0 Å². The Hall–Kier alpha value is 1.79. The average Bonchev–Trinajstić information content (AvgIpc) is 0. The van der Waals surface area contributed by atoms with Crippen molar-refractivity contribution < 1.29 is 19.5 Å². The quantitative estimate of drug-likeness (QED) is 0.425. The second-order valence-corrected chi connectivity index (χ2v) is 0. The van der Waals surface area contributed by atoms with Crippen LogP contribution < -0.4 is 0 Å². The molecule has 0 rings (SSSR count). The third kappa shape index (κ3) is 9.21. The molecular formula is H6BBiSiZn. The number of hydrogen-bond acceptors (Lipinski definition) is 0. The molecule has 0 N–H and O–H groups in total. The molecule has 0 saturated heterocycles. The molecule has 0 nitrogen and oxygen atoms in total. The molecule has 0 aliphatic carbocycles. The van der Waals surface area contributed by atoms with Crippen LogP contribution in [0, 0.1) is 0 Å². The van der Waals surface area contributed by atoms with Gasteiger partial charge in [-0.1, -0.05) is 0 Å². The smallest absolute Gasteiger partial charge is 0 e. The monoisotopic (exact) mass is 318 g/mol. The van der Waals surface area contributed by atoms with Gasteiger partial charge in [-0.15, -0.1) is 0 Å². The van der Waals surface area contributed by atoms with Crippen LogP contribution in [0.15, 0.2) is 0 Å². The van der Waals surface area contributed by atoms with Gasteiger partial charge < -0.3 is 0 Å². The Bertz CT molecular complexity index is 8.00. The first-order valence-corrected chi connectivity index (χ1v) is 0. The first-order chi connectivity index (χ1) is 0. The maximum atomic E-state index is 0. The molecule has 4 heavy (non-hydrogen) atoms. The summed E-state index contributed by atoms with van der Waals surface area (Å²) < 4.78 is 0. The van der Waals surface area contributed by atoms with E-state index in [1.165, 1.54) is 0 Å². The van der Waals surface area contributed by atoms with Crippen molar-refractivity contribution >= 4 is 45.6 Å². The van der Waals surface area contributed by atoms with Gasteiger partial charge in [-0.05, 0) is 11.0 Å². The predicted octanol–water partition coefficient (Wildman–Crippen LogP) is -2.75. The molecular weight excluding hydrogens is 313 g/mol. The summed E-state index contributed by atoms with van der Waals surface area (Å²) in [6, 6.07) is 0. The fraction of sp³-hybridized carbons (Fsp3) is 0. The summed E-state index contributed by atoms with van der Waals surface area (Å²) in [6.07, 6.45) is 0. The van der Waals surface area contributed by atoms with Crippen LogP contribution in [-0.4, -0.2) is 45.6 Å². The maximum absolute atomic E-state index is 0. The standard InChI is InChI=1S/B.Bi.H3Si.Zn.3H/h;;1H3;;;;. The van der Waals surface area contributed by atoms with E-state index in [0.29, 0.717) is 0 Å². The summed E-state index contributed by atoms with van der Waals surface area (Å²) in [4.78, 5) is 0. The van der Waals surface area contributed by atoms with E-state index in [-0.39, 0.29) is 65.1 Å². The van der Waals surface area contributed by atoms with Gasteiger partial charge in [-0.3, -0.25) is 0 Å². The van der Waals surface area contributed by atoms with Crippen molar-refractivity contribution in [3.05, 3.63) is 0 Å².